The van der Waals surface area contributed by atoms with Crippen molar-refractivity contribution in [2.75, 3.05) is 7.11 Å². The van der Waals surface area contributed by atoms with Crippen molar-refractivity contribution in [2.24, 2.45) is 0 Å². The number of halogens is 5. The smallest absolute Gasteiger partial charge is 0.146 e. The highest BCUT2D eigenvalue weighted by molar-refractivity contribution is 6.49. The predicted octanol–water partition coefficient (Wildman–Crippen LogP) is 5.75. The molecule has 0 aliphatic heterocycles. The van der Waals surface area contributed by atoms with Crippen molar-refractivity contribution in [3.63, 3.8) is 0 Å². The first kappa shape index (κ1) is 14.2. The minimum Gasteiger partial charge on any atom is -0.494 e. The number of benzene rings is 1. The fourth-order valence-electron chi connectivity index (χ4n) is 1.52. The molecule has 1 heterocycles. The van der Waals surface area contributed by atoms with Gasteiger partial charge in [-0.15, -0.1) is 0 Å². The van der Waals surface area contributed by atoms with Crippen LogP contribution < -0.4 is 4.74 Å². The number of nitrogens with zero attached hydrogens (tertiary/aromatic N) is 1. The molecule has 0 unspecified atom stereocenters. The molecule has 0 fully saturated rings. The normalized spacial score (nSPS) is 10.8. The van der Waals surface area contributed by atoms with E-state index in [9.17, 15) is 0 Å². The maximum Gasteiger partial charge on any atom is 0.146 e. The molecule has 2 nitrogen and oxygen atoms in total. The Labute approximate surface area is 129 Å². The average molecular weight is 345 g/mol. The van der Waals surface area contributed by atoms with Gasteiger partial charge in [0.05, 0.1) is 27.2 Å². The van der Waals surface area contributed by atoms with Crippen LogP contribution in [0.15, 0.2) is 18.3 Å². The molecule has 96 valence electrons. The van der Waals surface area contributed by atoms with Gasteiger partial charge in [0.15, 0.2) is 0 Å². The fraction of sp³-hybridized carbons (Fsp3) is 0.0909. The van der Waals surface area contributed by atoms with Gasteiger partial charge in [-0.1, -0.05) is 58.0 Å². The number of rotatable bonds is 2. The van der Waals surface area contributed by atoms with Gasteiger partial charge in [-0.05, 0) is 6.07 Å². The van der Waals surface area contributed by atoms with Crippen LogP contribution in [0.2, 0.25) is 25.2 Å². The second-order valence-corrected chi connectivity index (χ2v) is 5.38. The molecule has 0 atom stereocenters. The fourth-order valence-corrected chi connectivity index (χ4v) is 2.70. The zero-order chi connectivity index (χ0) is 13.4. The second kappa shape index (κ2) is 5.40. The van der Waals surface area contributed by atoms with E-state index in [2.05, 4.69) is 0 Å². The van der Waals surface area contributed by atoms with E-state index in [0.717, 1.165) is 0 Å². The van der Waals surface area contributed by atoms with Gasteiger partial charge in [0, 0.05) is 12.3 Å². The molecule has 2 rings (SSSR count). The lowest BCUT2D eigenvalue weighted by Gasteiger charge is -2.14. The molecule has 0 N–H and O–H groups in total. The maximum absolute atomic E-state index is 6.18. The molecule has 0 aliphatic carbocycles. The largest absolute Gasteiger partial charge is 0.494 e. The van der Waals surface area contributed by atoms with E-state index in [1.165, 1.54) is 7.11 Å². The van der Waals surface area contributed by atoms with Crippen LogP contribution in [0.25, 0.3) is 5.69 Å². The molecule has 2 aromatic rings. The molecule has 0 amide bonds. The van der Waals surface area contributed by atoms with E-state index in [1.54, 1.807) is 22.9 Å². The van der Waals surface area contributed by atoms with E-state index in [1.807, 2.05) is 0 Å². The zero-order valence-corrected chi connectivity index (χ0v) is 12.8. The molecule has 0 saturated heterocycles. The Balaban J connectivity index is 2.77. The van der Waals surface area contributed by atoms with Gasteiger partial charge < -0.3 is 9.30 Å². The Hall–Kier alpha value is -0.250. The first-order valence-electron chi connectivity index (χ1n) is 4.71. The Morgan fingerprint density at radius 2 is 1.67 bits per heavy atom. The molecule has 1 aromatic carbocycles. The third-order valence-electron chi connectivity index (χ3n) is 2.30. The summed E-state index contributed by atoms with van der Waals surface area (Å²) in [5, 5.41) is 1.64. The summed E-state index contributed by atoms with van der Waals surface area (Å²) >= 11 is 30.1. The van der Waals surface area contributed by atoms with Crippen LogP contribution in [0.3, 0.4) is 0 Å². The highest BCUT2D eigenvalue weighted by Crippen LogP contribution is 2.42. The van der Waals surface area contributed by atoms with Crippen molar-refractivity contribution in [3.8, 4) is 11.4 Å². The van der Waals surface area contributed by atoms with Crippen LogP contribution in [-0.4, -0.2) is 11.7 Å². The second-order valence-electron chi connectivity index (χ2n) is 3.39. The van der Waals surface area contributed by atoms with Crippen LogP contribution in [0.4, 0.5) is 0 Å². The van der Waals surface area contributed by atoms with Gasteiger partial charge in [-0.3, -0.25) is 0 Å². The Morgan fingerprint density at radius 1 is 1.00 bits per heavy atom. The van der Waals surface area contributed by atoms with Crippen molar-refractivity contribution >= 4 is 58.0 Å². The number of hydrogen-bond acceptors (Lipinski definition) is 1. The van der Waals surface area contributed by atoms with Crippen molar-refractivity contribution in [1.82, 2.24) is 4.57 Å². The lowest BCUT2D eigenvalue weighted by molar-refractivity contribution is 0.413. The van der Waals surface area contributed by atoms with Gasteiger partial charge in [0.25, 0.3) is 0 Å². The van der Waals surface area contributed by atoms with Gasteiger partial charge in [0.1, 0.15) is 16.6 Å². The summed E-state index contributed by atoms with van der Waals surface area (Å²) in [6.07, 6.45) is 1.61. The van der Waals surface area contributed by atoms with Crippen LogP contribution in [0.1, 0.15) is 0 Å². The third-order valence-corrected chi connectivity index (χ3v) is 4.05. The molecule has 0 radical (unpaired) electrons. The topological polar surface area (TPSA) is 14.2 Å². The van der Waals surface area contributed by atoms with Gasteiger partial charge >= 0.3 is 0 Å². The summed E-state index contributed by atoms with van der Waals surface area (Å²) in [5.41, 5.74) is 0.491. The SMILES string of the molecule is COc1cc(Cl)c(Cl)c(Cl)c1-n1cc(Cl)cc1Cl. The van der Waals surface area contributed by atoms with E-state index in [0.29, 0.717) is 26.6 Å². The highest BCUT2D eigenvalue weighted by Gasteiger charge is 2.19. The lowest BCUT2D eigenvalue weighted by Crippen LogP contribution is -1.98. The summed E-state index contributed by atoms with van der Waals surface area (Å²) in [6.45, 7) is 0. The molecule has 0 spiro atoms. The van der Waals surface area contributed by atoms with E-state index in [4.69, 9.17) is 62.7 Å². The minimum absolute atomic E-state index is 0.232. The summed E-state index contributed by atoms with van der Waals surface area (Å²) in [7, 11) is 1.50. The molecule has 0 aliphatic rings. The number of methoxy groups -OCH3 is 1. The standard InChI is InChI=1S/C11H6Cl5NO/c1-18-7-3-6(13)9(15)10(16)11(7)17-4-5(12)2-8(17)14/h2-4H,1H3. The van der Waals surface area contributed by atoms with E-state index < -0.39 is 0 Å². The lowest BCUT2D eigenvalue weighted by atomic mass is 10.3. The Bertz CT molecular complexity index is 608. The third kappa shape index (κ3) is 2.40. The van der Waals surface area contributed by atoms with Crippen LogP contribution in [0.5, 0.6) is 5.75 Å². The van der Waals surface area contributed by atoms with Crippen molar-refractivity contribution < 1.29 is 4.74 Å². The molecule has 7 heteroatoms. The molecule has 1 aromatic heterocycles. The summed E-state index contributed by atoms with van der Waals surface area (Å²) < 4.78 is 6.81. The summed E-state index contributed by atoms with van der Waals surface area (Å²) in [6, 6.07) is 3.15. The Morgan fingerprint density at radius 3 is 2.17 bits per heavy atom. The van der Waals surface area contributed by atoms with E-state index >= 15 is 0 Å². The van der Waals surface area contributed by atoms with E-state index in [-0.39, 0.29) is 10.0 Å². The van der Waals surface area contributed by atoms with Crippen LogP contribution in [-0.2, 0) is 0 Å². The first-order valence-corrected chi connectivity index (χ1v) is 6.60. The molecule has 0 bridgehead atoms. The van der Waals surface area contributed by atoms with Crippen molar-refractivity contribution in [1.29, 1.82) is 0 Å². The molecular weight excluding hydrogens is 339 g/mol. The first-order chi connectivity index (χ1) is 8.45. The summed E-state index contributed by atoms with van der Waals surface area (Å²) in [5.74, 6) is 0.448. The van der Waals surface area contributed by atoms with Gasteiger partial charge in [-0.2, -0.15) is 0 Å². The Kier molecular flexibility index (Phi) is 4.25. The molecule has 18 heavy (non-hydrogen) atoms. The number of aromatic nitrogens is 1. The van der Waals surface area contributed by atoms with Gasteiger partial charge in [0.2, 0.25) is 0 Å². The average Bonchev–Trinajstić information content (AvgIpc) is 2.64. The maximum atomic E-state index is 6.18. The molecular formula is C11H6Cl5NO. The summed E-state index contributed by atoms with van der Waals surface area (Å²) in [4.78, 5) is 0. The monoisotopic (exact) mass is 343 g/mol. The van der Waals surface area contributed by atoms with Gasteiger partial charge in [-0.25, -0.2) is 0 Å². The van der Waals surface area contributed by atoms with Crippen LogP contribution in [0, 0.1) is 0 Å². The van der Waals surface area contributed by atoms with Crippen LogP contribution >= 0.6 is 58.0 Å². The minimum atomic E-state index is 0.232. The highest BCUT2D eigenvalue weighted by atomic mass is 35.5. The van der Waals surface area contributed by atoms with Crippen molar-refractivity contribution in [3.05, 3.63) is 43.6 Å². The predicted molar refractivity (Wildman–Crippen MR) is 77.4 cm³/mol. The van der Waals surface area contributed by atoms with Crippen molar-refractivity contribution in [2.45, 2.75) is 0 Å². The zero-order valence-electron chi connectivity index (χ0n) is 8.98. The number of ether oxygens (including phenoxy) is 1. The number of hydrogen-bond donors (Lipinski definition) is 0. The quantitative estimate of drug-likeness (QED) is 0.632. The molecule has 0 saturated carbocycles.